The summed E-state index contributed by atoms with van der Waals surface area (Å²) in [5.74, 6) is 1.11. The average molecular weight is 232 g/mol. The fourth-order valence-corrected chi connectivity index (χ4v) is 1.44. The number of anilines is 2. The molecule has 1 aromatic carbocycles. The van der Waals surface area contributed by atoms with E-state index < -0.39 is 0 Å². The molecule has 1 heterocycles. The summed E-state index contributed by atoms with van der Waals surface area (Å²) in [6, 6.07) is 5.67. The van der Waals surface area contributed by atoms with Gasteiger partial charge in [-0.3, -0.25) is 0 Å². The maximum Gasteiger partial charge on any atom is 0.266 e. The molecular formula is C12H16N4O. The Morgan fingerprint density at radius 1 is 1.41 bits per heavy atom. The van der Waals surface area contributed by atoms with E-state index in [1.807, 2.05) is 44.0 Å². The van der Waals surface area contributed by atoms with Crippen molar-refractivity contribution in [2.75, 3.05) is 24.2 Å². The Labute approximate surface area is 100 Å². The SMILES string of the molecule is CCN(C)c1noc(-c2ccc(N)c(C)c2)n1. The molecule has 2 rings (SSSR count). The zero-order valence-electron chi connectivity index (χ0n) is 10.3. The molecule has 0 atom stereocenters. The summed E-state index contributed by atoms with van der Waals surface area (Å²) in [6.07, 6.45) is 0. The lowest BCUT2D eigenvalue weighted by molar-refractivity contribution is 0.430. The zero-order chi connectivity index (χ0) is 12.4. The van der Waals surface area contributed by atoms with Gasteiger partial charge in [0.15, 0.2) is 0 Å². The summed E-state index contributed by atoms with van der Waals surface area (Å²) in [4.78, 5) is 6.24. The van der Waals surface area contributed by atoms with Crippen LogP contribution in [0.4, 0.5) is 11.6 Å². The third-order valence-corrected chi connectivity index (χ3v) is 2.75. The van der Waals surface area contributed by atoms with E-state index >= 15 is 0 Å². The normalized spacial score (nSPS) is 10.5. The molecule has 0 spiro atoms. The quantitative estimate of drug-likeness (QED) is 0.820. The standard InChI is InChI=1S/C12H16N4O/c1-4-16(3)12-14-11(17-15-12)9-5-6-10(13)8(2)7-9/h5-7H,4,13H2,1-3H3. The van der Waals surface area contributed by atoms with Crippen LogP contribution in [-0.4, -0.2) is 23.7 Å². The summed E-state index contributed by atoms with van der Waals surface area (Å²) in [6.45, 7) is 4.82. The number of hydrogen-bond donors (Lipinski definition) is 1. The molecule has 17 heavy (non-hydrogen) atoms. The fraction of sp³-hybridized carbons (Fsp3) is 0.333. The van der Waals surface area contributed by atoms with Gasteiger partial charge in [-0.05, 0) is 42.8 Å². The van der Waals surface area contributed by atoms with Crippen molar-refractivity contribution in [3.63, 3.8) is 0 Å². The number of hydrogen-bond acceptors (Lipinski definition) is 5. The minimum atomic E-state index is 0.517. The molecule has 5 nitrogen and oxygen atoms in total. The first kappa shape index (κ1) is 11.4. The predicted octanol–water partition coefficient (Wildman–Crippen LogP) is 2.08. The molecule has 0 bridgehead atoms. The Morgan fingerprint density at radius 3 is 2.82 bits per heavy atom. The molecule has 2 N–H and O–H groups in total. The maximum atomic E-state index is 5.77. The van der Waals surface area contributed by atoms with Crippen LogP contribution in [0.5, 0.6) is 0 Å². The highest BCUT2D eigenvalue weighted by molar-refractivity contribution is 5.61. The number of aryl methyl sites for hydroxylation is 1. The van der Waals surface area contributed by atoms with Crippen LogP contribution < -0.4 is 10.6 Å². The van der Waals surface area contributed by atoms with Crippen LogP contribution in [0, 0.1) is 6.92 Å². The molecule has 0 aliphatic heterocycles. The lowest BCUT2D eigenvalue weighted by Gasteiger charge is -2.08. The second-order valence-electron chi connectivity index (χ2n) is 3.99. The second-order valence-corrected chi connectivity index (χ2v) is 3.99. The lowest BCUT2D eigenvalue weighted by Crippen LogP contribution is -2.16. The van der Waals surface area contributed by atoms with Crippen LogP contribution in [0.2, 0.25) is 0 Å². The Hall–Kier alpha value is -2.04. The Kier molecular flexibility index (Phi) is 2.99. The molecule has 90 valence electrons. The van der Waals surface area contributed by atoms with Gasteiger partial charge in [0, 0.05) is 24.8 Å². The summed E-state index contributed by atoms with van der Waals surface area (Å²) < 4.78 is 5.22. The van der Waals surface area contributed by atoms with Crippen molar-refractivity contribution < 1.29 is 4.52 Å². The zero-order valence-corrected chi connectivity index (χ0v) is 10.3. The number of aromatic nitrogens is 2. The van der Waals surface area contributed by atoms with Crippen LogP contribution in [0.15, 0.2) is 22.7 Å². The first-order chi connectivity index (χ1) is 8.11. The van der Waals surface area contributed by atoms with E-state index in [0.29, 0.717) is 11.8 Å². The van der Waals surface area contributed by atoms with Crippen LogP contribution in [0.1, 0.15) is 12.5 Å². The van der Waals surface area contributed by atoms with E-state index in [9.17, 15) is 0 Å². The lowest BCUT2D eigenvalue weighted by atomic mass is 10.1. The smallest absolute Gasteiger partial charge is 0.266 e. The van der Waals surface area contributed by atoms with Gasteiger partial charge in [0.05, 0.1) is 0 Å². The number of nitrogen functional groups attached to an aromatic ring is 1. The van der Waals surface area contributed by atoms with E-state index in [2.05, 4.69) is 10.1 Å². The van der Waals surface area contributed by atoms with Crippen molar-refractivity contribution in [2.24, 2.45) is 0 Å². The average Bonchev–Trinajstić information content (AvgIpc) is 2.81. The highest BCUT2D eigenvalue weighted by Gasteiger charge is 2.11. The monoisotopic (exact) mass is 232 g/mol. The largest absolute Gasteiger partial charge is 0.399 e. The number of nitrogens with zero attached hydrogens (tertiary/aromatic N) is 3. The molecule has 0 fully saturated rings. The highest BCUT2D eigenvalue weighted by Crippen LogP contribution is 2.23. The minimum Gasteiger partial charge on any atom is -0.399 e. The second kappa shape index (κ2) is 4.45. The van der Waals surface area contributed by atoms with Crippen molar-refractivity contribution in [3.05, 3.63) is 23.8 Å². The van der Waals surface area contributed by atoms with Crippen molar-refractivity contribution >= 4 is 11.6 Å². The van der Waals surface area contributed by atoms with Gasteiger partial charge in [0.2, 0.25) is 0 Å². The van der Waals surface area contributed by atoms with Crippen molar-refractivity contribution in [1.29, 1.82) is 0 Å². The summed E-state index contributed by atoms with van der Waals surface area (Å²) in [5, 5.41) is 3.92. The van der Waals surface area contributed by atoms with E-state index in [1.165, 1.54) is 0 Å². The molecule has 0 aliphatic carbocycles. The third-order valence-electron chi connectivity index (χ3n) is 2.75. The molecule has 0 aliphatic rings. The van der Waals surface area contributed by atoms with Gasteiger partial charge in [0.1, 0.15) is 0 Å². The molecule has 0 unspecified atom stereocenters. The van der Waals surface area contributed by atoms with E-state index in [1.54, 1.807) is 0 Å². The van der Waals surface area contributed by atoms with Crippen LogP contribution >= 0.6 is 0 Å². The molecule has 5 heteroatoms. The van der Waals surface area contributed by atoms with Crippen molar-refractivity contribution in [3.8, 4) is 11.5 Å². The van der Waals surface area contributed by atoms with Crippen LogP contribution in [0.25, 0.3) is 11.5 Å². The summed E-state index contributed by atoms with van der Waals surface area (Å²) >= 11 is 0. The molecule has 0 saturated carbocycles. The Morgan fingerprint density at radius 2 is 2.18 bits per heavy atom. The fourth-order valence-electron chi connectivity index (χ4n) is 1.44. The molecular weight excluding hydrogens is 216 g/mol. The molecule has 0 amide bonds. The van der Waals surface area contributed by atoms with Crippen molar-refractivity contribution in [2.45, 2.75) is 13.8 Å². The van der Waals surface area contributed by atoms with Gasteiger partial charge in [-0.2, -0.15) is 4.98 Å². The van der Waals surface area contributed by atoms with Gasteiger partial charge < -0.3 is 15.2 Å². The van der Waals surface area contributed by atoms with Gasteiger partial charge >= 0.3 is 0 Å². The summed E-state index contributed by atoms with van der Waals surface area (Å²) in [7, 11) is 1.92. The molecule has 1 aromatic heterocycles. The number of nitrogens with two attached hydrogens (primary N) is 1. The molecule has 0 saturated heterocycles. The Bertz CT molecular complexity index is 521. The topological polar surface area (TPSA) is 68.2 Å². The third kappa shape index (κ3) is 2.22. The number of rotatable bonds is 3. The molecule has 0 radical (unpaired) electrons. The number of benzene rings is 1. The van der Waals surface area contributed by atoms with Gasteiger partial charge in [0.25, 0.3) is 11.8 Å². The first-order valence-corrected chi connectivity index (χ1v) is 5.53. The van der Waals surface area contributed by atoms with E-state index in [4.69, 9.17) is 10.3 Å². The predicted molar refractivity (Wildman–Crippen MR) is 67.8 cm³/mol. The Balaban J connectivity index is 2.33. The van der Waals surface area contributed by atoms with Gasteiger partial charge in [-0.25, -0.2) is 0 Å². The maximum absolute atomic E-state index is 5.77. The minimum absolute atomic E-state index is 0.517. The molecule has 2 aromatic rings. The van der Waals surface area contributed by atoms with Crippen LogP contribution in [-0.2, 0) is 0 Å². The van der Waals surface area contributed by atoms with Crippen LogP contribution in [0.3, 0.4) is 0 Å². The first-order valence-electron chi connectivity index (χ1n) is 5.53. The van der Waals surface area contributed by atoms with Crippen molar-refractivity contribution in [1.82, 2.24) is 10.1 Å². The highest BCUT2D eigenvalue weighted by atomic mass is 16.5. The van der Waals surface area contributed by atoms with Gasteiger partial charge in [-0.1, -0.05) is 0 Å². The van der Waals surface area contributed by atoms with Gasteiger partial charge in [-0.15, -0.1) is 0 Å². The summed E-state index contributed by atoms with van der Waals surface area (Å²) in [5.41, 5.74) is 8.42. The van der Waals surface area contributed by atoms with E-state index in [-0.39, 0.29) is 0 Å². The van der Waals surface area contributed by atoms with E-state index in [0.717, 1.165) is 23.4 Å².